The first-order valence-corrected chi connectivity index (χ1v) is 14.9. The Labute approximate surface area is 285 Å². The van der Waals surface area contributed by atoms with Crippen LogP contribution in [0, 0.1) is 17.8 Å². The Hall–Kier alpha value is -5.32. The predicted molar refractivity (Wildman–Crippen MR) is 173 cm³/mol. The molecule has 0 rings (SSSR count). The third-order valence-electron chi connectivity index (χ3n) is 6.46. The highest BCUT2D eigenvalue weighted by Gasteiger charge is 2.64. The molecule has 3 unspecified atom stereocenters. The minimum atomic E-state index is -6.92. The summed E-state index contributed by atoms with van der Waals surface area (Å²) in [5, 5.41) is 34.6. The van der Waals surface area contributed by atoms with E-state index >= 15 is 0 Å². The van der Waals surface area contributed by atoms with Crippen molar-refractivity contribution < 1.29 is 76.6 Å². The molecular weight excluding hydrogens is 683 g/mol. The summed E-state index contributed by atoms with van der Waals surface area (Å²) in [5.41, 5.74) is 0. The summed E-state index contributed by atoms with van der Waals surface area (Å²) >= 11 is 0. The molecule has 0 aliphatic carbocycles. The fourth-order valence-corrected chi connectivity index (χ4v) is 5.73. The number of rotatable bonds is 27. The van der Waals surface area contributed by atoms with Gasteiger partial charge in [0.05, 0.1) is 0 Å². The molecule has 3 atom stereocenters. The molecule has 3 N–H and O–H groups in total. The van der Waals surface area contributed by atoms with Crippen LogP contribution < -0.4 is 0 Å². The molecule has 266 valence electrons. The molecule has 0 aromatic carbocycles. The van der Waals surface area contributed by atoms with Crippen LogP contribution in [0.3, 0.4) is 0 Å². The van der Waals surface area contributed by atoms with Crippen molar-refractivity contribution in [2.75, 3.05) is 0 Å². The van der Waals surface area contributed by atoms with E-state index < -0.39 is 95.0 Å². The number of aliphatic hydroxyl groups is 3. The maximum Gasteiger partial charge on any atom is 0.483 e. The number of phosphoric ester groups is 1. The van der Waals surface area contributed by atoms with Crippen LogP contribution in [0.5, 0.6) is 0 Å². The van der Waals surface area contributed by atoms with Gasteiger partial charge in [0.15, 0.2) is 34.7 Å². The van der Waals surface area contributed by atoms with Gasteiger partial charge in [0.25, 0.3) is 17.4 Å². The van der Waals surface area contributed by atoms with Gasteiger partial charge < -0.3 is 15.3 Å². The second-order valence-electron chi connectivity index (χ2n) is 9.45. The predicted octanol–water partition coefficient (Wildman–Crippen LogP) is 0.855. The van der Waals surface area contributed by atoms with Crippen LogP contribution in [-0.2, 0) is 61.3 Å². The van der Waals surface area contributed by atoms with E-state index in [1.807, 2.05) is 0 Å². The van der Waals surface area contributed by atoms with Crippen molar-refractivity contribution in [1.82, 2.24) is 0 Å². The summed E-state index contributed by atoms with van der Waals surface area (Å²) in [4.78, 5) is 116. The Morgan fingerprint density at radius 2 is 0.560 bits per heavy atom. The lowest BCUT2D eigenvalue weighted by Gasteiger charge is -2.40. The molecule has 17 heteroatoms. The van der Waals surface area contributed by atoms with Crippen LogP contribution >= 0.6 is 7.82 Å². The number of allylic oxidation sites excluding steroid dienone is 6. The van der Waals surface area contributed by atoms with E-state index in [0.717, 1.165) is 0 Å². The van der Waals surface area contributed by atoms with Gasteiger partial charge >= 0.3 is 7.82 Å². The second kappa shape index (κ2) is 17.9. The van der Waals surface area contributed by atoms with E-state index in [4.69, 9.17) is 13.6 Å². The Bertz CT molecular complexity index is 1420. The molecule has 0 saturated carbocycles. The average molecular weight is 717 g/mol. The van der Waals surface area contributed by atoms with E-state index in [2.05, 4.69) is 59.2 Å². The van der Waals surface area contributed by atoms with Crippen LogP contribution in [0.25, 0.3) is 0 Å². The van der Waals surface area contributed by atoms with Gasteiger partial charge in [-0.05, 0) is 54.7 Å². The van der Waals surface area contributed by atoms with E-state index in [-0.39, 0.29) is 18.2 Å². The molecule has 0 heterocycles. The van der Waals surface area contributed by atoms with E-state index in [9.17, 15) is 63.0 Å². The first-order chi connectivity index (χ1) is 23.1. The number of hydrogen-bond donors (Lipinski definition) is 3. The van der Waals surface area contributed by atoms with Gasteiger partial charge in [0.2, 0.25) is 17.3 Å². The number of carbonyl (C=O) groups is 9. The average Bonchev–Trinajstić information content (AvgIpc) is 3.09. The van der Waals surface area contributed by atoms with Crippen LogP contribution in [-0.4, -0.2) is 84.7 Å². The molecular formula is C33H33O16P. The monoisotopic (exact) mass is 716 g/mol. The van der Waals surface area contributed by atoms with Crippen LogP contribution in [0.1, 0.15) is 0 Å². The zero-order chi connectivity index (χ0) is 39.4. The first-order valence-electron chi connectivity index (χ1n) is 13.5. The normalized spacial score (nSPS) is 15.6. The quantitative estimate of drug-likeness (QED) is 0.0461. The maximum atomic E-state index is 14.8. The minimum Gasteiger partial charge on any atom is -0.358 e. The lowest BCUT2D eigenvalue weighted by Crippen LogP contribution is -2.58. The van der Waals surface area contributed by atoms with Crippen molar-refractivity contribution in [3.05, 3.63) is 114 Å². The highest BCUT2D eigenvalue weighted by Crippen LogP contribution is 2.60. The molecule has 0 fully saturated rings. The van der Waals surface area contributed by atoms with Gasteiger partial charge in [-0.2, -0.15) is 0 Å². The number of hydrogen-bond acceptors (Lipinski definition) is 16. The SMILES string of the molecule is C=CC(=O)C(C(=O)C=C)C(O)(OP(=O)(OC(O)(C(=O)C=C)C(C(=O)C=C)C(=O)C=C)OC(O)(C(=O)C=C)C(C(=O)C=C)C(=O)C=C)C(=O)C=C. The van der Waals surface area contributed by atoms with E-state index in [0.29, 0.717) is 36.5 Å². The summed E-state index contributed by atoms with van der Waals surface area (Å²) in [5.74, 6) is -36.8. The molecule has 0 radical (unpaired) electrons. The molecule has 0 spiro atoms. The Kier molecular flexibility index (Phi) is 16.0. The zero-order valence-corrected chi connectivity index (χ0v) is 27.3. The van der Waals surface area contributed by atoms with Gasteiger partial charge in [0.1, 0.15) is 17.8 Å². The number of ketones is 9. The lowest BCUT2D eigenvalue weighted by atomic mass is 9.86. The third-order valence-corrected chi connectivity index (χ3v) is 7.96. The second-order valence-corrected chi connectivity index (χ2v) is 10.9. The molecule has 0 bridgehead atoms. The highest BCUT2D eigenvalue weighted by atomic mass is 31.2. The summed E-state index contributed by atoms with van der Waals surface area (Å²) in [6.07, 6.45) is 2.60. The molecule has 0 aliphatic heterocycles. The van der Waals surface area contributed by atoms with E-state index in [1.165, 1.54) is 0 Å². The Balaban J connectivity index is 8.74. The van der Waals surface area contributed by atoms with E-state index in [1.54, 1.807) is 0 Å². The maximum absolute atomic E-state index is 14.8. The van der Waals surface area contributed by atoms with Gasteiger partial charge in [-0.15, -0.1) is 0 Å². The molecule has 16 nitrogen and oxygen atoms in total. The summed E-state index contributed by atoms with van der Waals surface area (Å²) in [6.45, 7) is 27.7. The molecule has 0 amide bonds. The summed E-state index contributed by atoms with van der Waals surface area (Å²) in [6, 6.07) is 0. The molecule has 0 aromatic heterocycles. The molecule has 0 aliphatic rings. The van der Waals surface area contributed by atoms with Crippen molar-refractivity contribution in [3.8, 4) is 0 Å². The van der Waals surface area contributed by atoms with Crippen LogP contribution in [0.15, 0.2) is 114 Å². The van der Waals surface area contributed by atoms with Crippen LogP contribution in [0.4, 0.5) is 0 Å². The molecule has 0 saturated heterocycles. The standard InChI is InChI=1S/C33H33O16P/c1-10-19(34)28(20(35)11-2)31(43,25(40)16-7)47-50(46,48-32(44,26(41)17-8)29(21(36)12-3)22(37)13-4)49-33(45,27(42)18-9)30(23(38)14-5)24(39)15-6/h10-18,28-30,43-45H,1-9H2. The summed E-state index contributed by atoms with van der Waals surface area (Å²) in [7, 11) is -6.92. The van der Waals surface area contributed by atoms with Crippen molar-refractivity contribution in [2.45, 2.75) is 17.4 Å². The largest absolute Gasteiger partial charge is 0.483 e. The Morgan fingerprint density at radius 3 is 0.680 bits per heavy atom. The van der Waals surface area contributed by atoms with Crippen molar-refractivity contribution in [3.63, 3.8) is 0 Å². The lowest BCUT2D eigenvalue weighted by molar-refractivity contribution is -0.232. The minimum absolute atomic E-state index is 0.169. The number of carbonyl (C=O) groups excluding carboxylic acids is 9. The number of phosphoric acid groups is 1. The smallest absolute Gasteiger partial charge is 0.358 e. The van der Waals surface area contributed by atoms with Gasteiger partial charge in [-0.25, -0.2) is 18.1 Å². The highest BCUT2D eigenvalue weighted by molar-refractivity contribution is 7.48. The molecule has 50 heavy (non-hydrogen) atoms. The van der Waals surface area contributed by atoms with Crippen LogP contribution in [0.2, 0.25) is 0 Å². The Morgan fingerprint density at radius 1 is 0.400 bits per heavy atom. The van der Waals surface area contributed by atoms with Crippen molar-refractivity contribution in [2.24, 2.45) is 17.8 Å². The molecule has 0 aromatic rings. The third kappa shape index (κ3) is 9.02. The van der Waals surface area contributed by atoms with Crippen molar-refractivity contribution >= 4 is 59.9 Å². The summed E-state index contributed by atoms with van der Waals surface area (Å²) < 4.78 is 29.4. The zero-order valence-electron chi connectivity index (χ0n) is 26.4. The van der Waals surface area contributed by atoms with Crippen molar-refractivity contribution in [1.29, 1.82) is 0 Å². The first kappa shape index (κ1) is 44.7. The van der Waals surface area contributed by atoms with Gasteiger partial charge in [-0.3, -0.25) is 43.2 Å². The van der Waals surface area contributed by atoms with Gasteiger partial charge in [-0.1, -0.05) is 59.2 Å². The van der Waals surface area contributed by atoms with Gasteiger partial charge in [0, 0.05) is 0 Å². The topological polar surface area (TPSA) is 259 Å². The fraction of sp³-hybridized carbons (Fsp3) is 0.182. The fourth-order valence-electron chi connectivity index (χ4n) is 4.01.